The summed E-state index contributed by atoms with van der Waals surface area (Å²) in [6.45, 7) is -0.340. The van der Waals surface area contributed by atoms with Crippen molar-refractivity contribution in [3.63, 3.8) is 0 Å². The van der Waals surface area contributed by atoms with Crippen LogP contribution in [0.4, 0.5) is 0 Å². The van der Waals surface area contributed by atoms with E-state index in [0.29, 0.717) is 23.3 Å². The highest BCUT2D eigenvalue weighted by Crippen LogP contribution is 2.13. The fraction of sp³-hybridized carbons (Fsp3) is 0.125. The van der Waals surface area contributed by atoms with Crippen LogP contribution >= 0.6 is 0 Å². The van der Waals surface area contributed by atoms with E-state index in [4.69, 9.17) is 4.74 Å². The van der Waals surface area contributed by atoms with E-state index < -0.39 is 5.97 Å². The van der Waals surface area contributed by atoms with Gasteiger partial charge in [0.15, 0.2) is 12.4 Å². The number of carbonyl (C=O) groups is 3. The first-order valence-corrected chi connectivity index (χ1v) is 9.32. The molecule has 2 aliphatic rings. The number of rotatable bonds is 6. The SMILES string of the molecule is O=C(COC(=O)C1=CCC=CC(NC(=O)c2ccccc2)=C1)C1=CC=CCC=C1. The lowest BCUT2D eigenvalue weighted by Crippen LogP contribution is -2.22. The van der Waals surface area contributed by atoms with Gasteiger partial charge in [0.2, 0.25) is 0 Å². The Bertz CT molecular complexity index is 975. The average molecular weight is 387 g/mol. The molecule has 3 rings (SSSR count). The molecule has 1 amide bonds. The lowest BCUT2D eigenvalue weighted by molar-refractivity contribution is -0.142. The van der Waals surface area contributed by atoms with E-state index >= 15 is 0 Å². The van der Waals surface area contributed by atoms with E-state index in [0.717, 1.165) is 6.42 Å². The molecule has 5 nitrogen and oxygen atoms in total. The molecule has 1 aromatic carbocycles. The zero-order valence-electron chi connectivity index (χ0n) is 15.8. The highest BCUT2D eigenvalue weighted by molar-refractivity contribution is 6.01. The molecule has 0 saturated carbocycles. The van der Waals surface area contributed by atoms with E-state index in [9.17, 15) is 14.4 Å². The first kappa shape index (κ1) is 20.0. The first-order valence-electron chi connectivity index (χ1n) is 9.32. The van der Waals surface area contributed by atoms with Crippen LogP contribution in [0.15, 0.2) is 102 Å². The molecule has 146 valence electrons. The fourth-order valence-corrected chi connectivity index (χ4v) is 2.74. The number of ketones is 1. The third kappa shape index (κ3) is 5.87. The number of benzene rings is 1. The quantitative estimate of drug-likeness (QED) is 0.755. The van der Waals surface area contributed by atoms with Crippen molar-refractivity contribution < 1.29 is 19.1 Å². The molecule has 5 heteroatoms. The number of allylic oxidation sites excluding steroid dienone is 8. The van der Waals surface area contributed by atoms with Gasteiger partial charge in [-0.1, -0.05) is 60.7 Å². The number of hydrogen-bond acceptors (Lipinski definition) is 4. The zero-order valence-corrected chi connectivity index (χ0v) is 15.8. The molecule has 0 fully saturated rings. The second kappa shape index (κ2) is 9.99. The van der Waals surface area contributed by atoms with Crippen molar-refractivity contribution in [2.24, 2.45) is 0 Å². The Hall–Kier alpha value is -3.73. The second-order valence-corrected chi connectivity index (χ2v) is 6.40. The minimum atomic E-state index is -0.609. The van der Waals surface area contributed by atoms with Gasteiger partial charge in [0.25, 0.3) is 5.91 Å². The lowest BCUT2D eigenvalue weighted by atomic mass is 10.1. The van der Waals surface area contributed by atoms with Crippen LogP contribution in [0.3, 0.4) is 0 Å². The molecule has 0 bridgehead atoms. The molecule has 1 aromatic rings. The van der Waals surface area contributed by atoms with E-state index in [1.54, 1.807) is 60.7 Å². The highest BCUT2D eigenvalue weighted by atomic mass is 16.5. The Morgan fingerprint density at radius 1 is 0.931 bits per heavy atom. The largest absolute Gasteiger partial charge is 0.454 e. The summed E-state index contributed by atoms with van der Waals surface area (Å²) in [4.78, 5) is 37.0. The summed E-state index contributed by atoms with van der Waals surface area (Å²) in [7, 11) is 0. The van der Waals surface area contributed by atoms with Gasteiger partial charge in [0, 0.05) is 16.8 Å². The Labute approximate surface area is 169 Å². The van der Waals surface area contributed by atoms with Gasteiger partial charge in [-0.3, -0.25) is 9.59 Å². The van der Waals surface area contributed by atoms with E-state index in [2.05, 4.69) is 5.32 Å². The van der Waals surface area contributed by atoms with Gasteiger partial charge in [-0.15, -0.1) is 0 Å². The summed E-state index contributed by atoms with van der Waals surface area (Å²) in [5.74, 6) is -1.15. The molecule has 0 atom stereocenters. The minimum Gasteiger partial charge on any atom is -0.454 e. The summed E-state index contributed by atoms with van der Waals surface area (Å²) < 4.78 is 5.19. The zero-order chi connectivity index (χ0) is 20.5. The maximum atomic E-state index is 12.4. The van der Waals surface area contributed by atoms with Crippen molar-refractivity contribution in [1.82, 2.24) is 5.32 Å². The van der Waals surface area contributed by atoms with Crippen LogP contribution in [0.25, 0.3) is 0 Å². The second-order valence-electron chi connectivity index (χ2n) is 6.40. The topological polar surface area (TPSA) is 72.5 Å². The fourth-order valence-electron chi connectivity index (χ4n) is 2.74. The molecule has 0 saturated heterocycles. The van der Waals surface area contributed by atoms with Crippen molar-refractivity contribution in [3.8, 4) is 0 Å². The van der Waals surface area contributed by atoms with Crippen molar-refractivity contribution >= 4 is 17.7 Å². The number of Topliss-reactive ketones (excluding diaryl/α,β-unsaturated/α-hetero) is 1. The molecule has 2 aliphatic carbocycles. The van der Waals surface area contributed by atoms with E-state index in [1.807, 2.05) is 24.3 Å². The summed E-state index contributed by atoms with van der Waals surface area (Å²) >= 11 is 0. The Balaban J connectivity index is 1.62. The van der Waals surface area contributed by atoms with Gasteiger partial charge in [0.05, 0.1) is 5.57 Å². The average Bonchev–Trinajstić information content (AvgIpc) is 3.16. The van der Waals surface area contributed by atoms with E-state index in [1.165, 1.54) is 0 Å². The first-order chi connectivity index (χ1) is 14.1. The minimum absolute atomic E-state index is 0.268. The molecular formula is C24H21NO4. The maximum absolute atomic E-state index is 12.4. The summed E-state index contributed by atoms with van der Waals surface area (Å²) in [5, 5.41) is 2.78. The summed E-state index contributed by atoms with van der Waals surface area (Å²) in [6.07, 6.45) is 17.1. The normalized spacial score (nSPS) is 15.4. The third-order valence-corrected chi connectivity index (χ3v) is 4.25. The predicted molar refractivity (Wildman–Crippen MR) is 111 cm³/mol. The number of esters is 1. The number of ether oxygens (including phenoxy) is 1. The molecule has 0 radical (unpaired) electrons. The Morgan fingerprint density at radius 2 is 1.72 bits per heavy atom. The summed E-state index contributed by atoms with van der Waals surface area (Å²) in [5.41, 5.74) is 1.78. The van der Waals surface area contributed by atoms with Crippen LogP contribution in [0.2, 0.25) is 0 Å². The van der Waals surface area contributed by atoms with Gasteiger partial charge >= 0.3 is 5.97 Å². The van der Waals surface area contributed by atoms with Gasteiger partial charge in [-0.25, -0.2) is 4.79 Å². The summed E-state index contributed by atoms with van der Waals surface area (Å²) in [6, 6.07) is 8.80. The molecule has 0 heterocycles. The number of hydrogen-bond donors (Lipinski definition) is 1. The van der Waals surface area contributed by atoms with Gasteiger partial charge in [0.1, 0.15) is 0 Å². The molecule has 1 N–H and O–H groups in total. The Morgan fingerprint density at radius 3 is 2.55 bits per heavy atom. The van der Waals surface area contributed by atoms with Crippen LogP contribution in [0.1, 0.15) is 23.2 Å². The van der Waals surface area contributed by atoms with Crippen molar-refractivity contribution in [2.75, 3.05) is 6.61 Å². The molecule has 0 aliphatic heterocycles. The highest BCUT2D eigenvalue weighted by Gasteiger charge is 2.15. The number of carbonyl (C=O) groups excluding carboxylic acids is 3. The van der Waals surface area contributed by atoms with Crippen LogP contribution in [-0.4, -0.2) is 24.3 Å². The molecule has 0 aromatic heterocycles. The molecular weight excluding hydrogens is 366 g/mol. The van der Waals surface area contributed by atoms with Crippen molar-refractivity contribution in [3.05, 3.63) is 107 Å². The van der Waals surface area contributed by atoms with Crippen LogP contribution < -0.4 is 5.32 Å². The molecule has 0 unspecified atom stereocenters. The Kier molecular flexibility index (Phi) is 6.90. The maximum Gasteiger partial charge on any atom is 0.338 e. The van der Waals surface area contributed by atoms with Gasteiger partial charge < -0.3 is 10.1 Å². The number of nitrogens with one attached hydrogen (secondary N) is 1. The monoisotopic (exact) mass is 387 g/mol. The van der Waals surface area contributed by atoms with Crippen LogP contribution in [0.5, 0.6) is 0 Å². The molecule has 29 heavy (non-hydrogen) atoms. The smallest absolute Gasteiger partial charge is 0.338 e. The van der Waals surface area contributed by atoms with E-state index in [-0.39, 0.29) is 23.9 Å². The standard InChI is InChI=1S/C24H21NO4/c26-22(18-10-4-1-2-5-11-18)17-29-24(28)20-14-8-9-15-21(16-20)25-23(27)19-12-6-3-7-13-19/h1,3-7,9-16H,2,8,17H2,(H,25,27). The van der Waals surface area contributed by atoms with Crippen molar-refractivity contribution in [1.29, 1.82) is 0 Å². The number of amides is 1. The third-order valence-electron chi connectivity index (χ3n) is 4.25. The van der Waals surface area contributed by atoms with Crippen LogP contribution in [0, 0.1) is 0 Å². The van der Waals surface area contributed by atoms with Gasteiger partial charge in [-0.2, -0.15) is 0 Å². The van der Waals surface area contributed by atoms with Crippen molar-refractivity contribution in [2.45, 2.75) is 12.8 Å². The molecule has 0 spiro atoms. The van der Waals surface area contributed by atoms with Crippen LogP contribution in [-0.2, 0) is 14.3 Å². The lowest BCUT2D eigenvalue weighted by Gasteiger charge is -2.08. The predicted octanol–water partition coefficient (Wildman–Crippen LogP) is 3.74. The van der Waals surface area contributed by atoms with Gasteiger partial charge in [-0.05, 0) is 37.1 Å².